The fourth-order valence-electron chi connectivity index (χ4n) is 0.381. The van der Waals surface area contributed by atoms with Crippen molar-refractivity contribution in [3.8, 4) is 0 Å². The second-order valence-corrected chi connectivity index (χ2v) is 2.97. The molecule has 66 valence electrons. The van der Waals surface area contributed by atoms with Gasteiger partial charge in [0, 0.05) is 5.75 Å². The van der Waals surface area contributed by atoms with E-state index in [2.05, 4.69) is 5.16 Å². The molecule has 0 aromatic rings. The lowest BCUT2D eigenvalue weighted by molar-refractivity contribution is 0.113. The van der Waals surface area contributed by atoms with Crippen LogP contribution in [-0.4, -0.2) is 45.5 Å². The number of aliphatic hydroxyl groups excluding tert-OH is 2. The van der Waals surface area contributed by atoms with Crippen molar-refractivity contribution in [2.45, 2.75) is 6.10 Å². The lowest BCUT2D eigenvalue weighted by Crippen LogP contribution is -2.19. The summed E-state index contributed by atoms with van der Waals surface area (Å²) in [6, 6.07) is 0. The Bertz CT molecular complexity index is 131. The van der Waals surface area contributed by atoms with Crippen LogP contribution in [0.5, 0.6) is 0 Å². The Hall–Kier alpha value is -0.460. The standard InChI is InChI=1S/C5H12N2O3S/c6-5(7-10)3-11-2-4(9)1-8/h4,8-10H,1-3H2,(H2,6,7). The van der Waals surface area contributed by atoms with Crippen LogP contribution in [0.25, 0.3) is 0 Å². The zero-order valence-corrected chi connectivity index (χ0v) is 6.79. The summed E-state index contributed by atoms with van der Waals surface area (Å²) < 4.78 is 0. The fourth-order valence-corrected chi connectivity index (χ4v) is 1.14. The molecule has 1 unspecified atom stereocenters. The van der Waals surface area contributed by atoms with Gasteiger partial charge in [0.15, 0.2) is 0 Å². The summed E-state index contributed by atoms with van der Waals surface area (Å²) in [4.78, 5) is 0. The molecule has 11 heavy (non-hydrogen) atoms. The van der Waals surface area contributed by atoms with Crippen molar-refractivity contribution in [3.63, 3.8) is 0 Å². The molecule has 0 aliphatic carbocycles. The van der Waals surface area contributed by atoms with Crippen molar-refractivity contribution in [1.82, 2.24) is 0 Å². The molecule has 5 nitrogen and oxygen atoms in total. The van der Waals surface area contributed by atoms with Crippen LogP contribution >= 0.6 is 11.8 Å². The van der Waals surface area contributed by atoms with Crippen LogP contribution in [0.1, 0.15) is 0 Å². The molecule has 0 aromatic carbocycles. The monoisotopic (exact) mass is 180 g/mol. The van der Waals surface area contributed by atoms with E-state index in [9.17, 15) is 0 Å². The van der Waals surface area contributed by atoms with E-state index in [-0.39, 0.29) is 12.4 Å². The number of thioether (sulfide) groups is 1. The quantitative estimate of drug-likeness (QED) is 0.185. The van der Waals surface area contributed by atoms with Crippen molar-refractivity contribution in [2.24, 2.45) is 10.9 Å². The summed E-state index contributed by atoms with van der Waals surface area (Å²) in [5.41, 5.74) is 5.14. The maximum Gasteiger partial charge on any atom is 0.149 e. The molecule has 6 heteroatoms. The van der Waals surface area contributed by atoms with Crippen LogP contribution in [0, 0.1) is 0 Å². The Morgan fingerprint density at radius 2 is 2.27 bits per heavy atom. The molecule has 0 spiro atoms. The van der Waals surface area contributed by atoms with Gasteiger partial charge in [0.2, 0.25) is 0 Å². The van der Waals surface area contributed by atoms with Crippen molar-refractivity contribution >= 4 is 17.6 Å². The molecule has 0 fully saturated rings. The van der Waals surface area contributed by atoms with E-state index < -0.39 is 6.10 Å². The summed E-state index contributed by atoms with van der Waals surface area (Å²) in [5, 5.41) is 28.0. The number of nitrogens with zero attached hydrogens (tertiary/aromatic N) is 1. The molecular weight excluding hydrogens is 168 g/mol. The van der Waals surface area contributed by atoms with Gasteiger partial charge in [-0.1, -0.05) is 5.16 Å². The second-order valence-electron chi connectivity index (χ2n) is 1.94. The third-order valence-electron chi connectivity index (χ3n) is 0.899. The molecule has 0 radical (unpaired) electrons. The zero-order chi connectivity index (χ0) is 8.69. The van der Waals surface area contributed by atoms with Crippen molar-refractivity contribution in [2.75, 3.05) is 18.1 Å². The highest BCUT2D eigenvalue weighted by Gasteiger charge is 2.01. The predicted octanol–water partition coefficient (Wildman–Crippen LogP) is -1.18. The van der Waals surface area contributed by atoms with E-state index in [1.165, 1.54) is 11.8 Å². The van der Waals surface area contributed by atoms with Gasteiger partial charge >= 0.3 is 0 Å². The van der Waals surface area contributed by atoms with E-state index in [1.54, 1.807) is 0 Å². The number of nitrogens with two attached hydrogens (primary N) is 1. The summed E-state index contributed by atoms with van der Waals surface area (Å²) in [6.07, 6.45) is -0.730. The number of hydrogen-bond acceptors (Lipinski definition) is 5. The van der Waals surface area contributed by atoms with Gasteiger partial charge in [0.05, 0.1) is 18.5 Å². The van der Waals surface area contributed by atoms with Crippen LogP contribution in [0.4, 0.5) is 0 Å². The molecular formula is C5H12N2O3S. The molecule has 0 heterocycles. The van der Waals surface area contributed by atoms with E-state index in [1.807, 2.05) is 0 Å². The van der Waals surface area contributed by atoms with Gasteiger partial charge in [-0.15, -0.1) is 0 Å². The first kappa shape index (κ1) is 10.5. The Kier molecular flexibility index (Phi) is 6.00. The highest BCUT2D eigenvalue weighted by atomic mass is 32.2. The van der Waals surface area contributed by atoms with Crippen LogP contribution in [-0.2, 0) is 0 Å². The SMILES string of the molecule is NC(CSCC(O)CO)=NO. The van der Waals surface area contributed by atoms with Crippen LogP contribution in [0.2, 0.25) is 0 Å². The summed E-state index contributed by atoms with van der Waals surface area (Å²) in [5.74, 6) is 0.848. The lowest BCUT2D eigenvalue weighted by Gasteiger charge is -2.04. The normalized spacial score (nSPS) is 14.9. The molecule has 0 saturated heterocycles. The van der Waals surface area contributed by atoms with Gasteiger partial charge in [-0.25, -0.2) is 0 Å². The average molecular weight is 180 g/mol. The lowest BCUT2D eigenvalue weighted by atomic mass is 10.4. The molecule has 0 aliphatic rings. The predicted molar refractivity (Wildman–Crippen MR) is 43.8 cm³/mol. The highest BCUT2D eigenvalue weighted by Crippen LogP contribution is 2.01. The molecule has 0 saturated carbocycles. The number of hydrogen-bond donors (Lipinski definition) is 4. The Morgan fingerprint density at radius 3 is 2.73 bits per heavy atom. The topological polar surface area (TPSA) is 99.1 Å². The zero-order valence-electron chi connectivity index (χ0n) is 5.97. The summed E-state index contributed by atoms with van der Waals surface area (Å²) >= 11 is 1.29. The van der Waals surface area contributed by atoms with Gasteiger partial charge < -0.3 is 21.2 Å². The summed E-state index contributed by atoms with van der Waals surface area (Å²) in [7, 11) is 0. The van der Waals surface area contributed by atoms with Gasteiger partial charge in [-0.05, 0) is 0 Å². The molecule has 0 amide bonds. The van der Waals surface area contributed by atoms with E-state index >= 15 is 0 Å². The Balaban J connectivity index is 3.27. The van der Waals surface area contributed by atoms with Crippen LogP contribution in [0.3, 0.4) is 0 Å². The second kappa shape index (κ2) is 6.26. The average Bonchev–Trinajstić information content (AvgIpc) is 2.04. The first-order valence-electron chi connectivity index (χ1n) is 3.03. The highest BCUT2D eigenvalue weighted by molar-refractivity contribution is 8.00. The molecule has 5 N–H and O–H groups in total. The van der Waals surface area contributed by atoms with Crippen molar-refractivity contribution in [3.05, 3.63) is 0 Å². The smallest absolute Gasteiger partial charge is 0.149 e. The maximum absolute atomic E-state index is 8.83. The van der Waals surface area contributed by atoms with Crippen LogP contribution < -0.4 is 5.73 Å². The summed E-state index contributed by atoms with van der Waals surface area (Å²) in [6.45, 7) is -0.261. The molecule has 0 aromatic heterocycles. The minimum Gasteiger partial charge on any atom is -0.409 e. The maximum atomic E-state index is 8.83. The molecule has 0 bridgehead atoms. The Morgan fingerprint density at radius 1 is 1.64 bits per heavy atom. The van der Waals surface area contributed by atoms with Crippen molar-refractivity contribution < 1.29 is 15.4 Å². The number of oxime groups is 1. The number of amidine groups is 1. The van der Waals surface area contributed by atoms with Gasteiger partial charge in [-0.2, -0.15) is 11.8 Å². The number of rotatable bonds is 5. The Labute approximate surface area is 68.9 Å². The van der Waals surface area contributed by atoms with E-state index in [0.717, 1.165) is 0 Å². The van der Waals surface area contributed by atoms with Crippen molar-refractivity contribution in [1.29, 1.82) is 0 Å². The molecule has 0 rings (SSSR count). The van der Waals surface area contributed by atoms with E-state index in [0.29, 0.717) is 11.5 Å². The van der Waals surface area contributed by atoms with E-state index in [4.69, 9.17) is 21.2 Å². The number of aliphatic hydroxyl groups is 2. The third kappa shape index (κ3) is 5.96. The first-order valence-corrected chi connectivity index (χ1v) is 4.19. The largest absolute Gasteiger partial charge is 0.409 e. The minimum absolute atomic E-state index is 0.111. The molecule has 1 atom stereocenters. The first-order chi connectivity index (χ1) is 5.20. The third-order valence-corrected chi connectivity index (χ3v) is 2.02. The van der Waals surface area contributed by atoms with Gasteiger partial charge in [0.25, 0.3) is 0 Å². The van der Waals surface area contributed by atoms with Crippen LogP contribution in [0.15, 0.2) is 5.16 Å². The molecule has 0 aliphatic heterocycles. The fraction of sp³-hybridized carbons (Fsp3) is 0.800. The minimum atomic E-state index is -0.730. The van der Waals surface area contributed by atoms with Gasteiger partial charge in [0.1, 0.15) is 5.84 Å². The van der Waals surface area contributed by atoms with Gasteiger partial charge in [-0.3, -0.25) is 0 Å².